The fraction of sp³-hybridized carbons (Fsp3) is 0.316. The molecule has 0 radical (unpaired) electrons. The summed E-state index contributed by atoms with van der Waals surface area (Å²) in [6.07, 6.45) is 7.89. The third-order valence-corrected chi connectivity index (χ3v) is 5.44. The van der Waals surface area contributed by atoms with Crippen LogP contribution in [0.3, 0.4) is 0 Å². The molecule has 0 spiro atoms. The van der Waals surface area contributed by atoms with Gasteiger partial charge in [0.2, 0.25) is 0 Å². The van der Waals surface area contributed by atoms with E-state index in [9.17, 15) is 8.42 Å². The Balaban J connectivity index is 1.66. The highest BCUT2D eigenvalue weighted by Gasteiger charge is 2.14. The molecule has 10 heteroatoms. The molecule has 4 aromatic heterocycles. The van der Waals surface area contributed by atoms with Crippen molar-refractivity contribution >= 4 is 21.1 Å². The summed E-state index contributed by atoms with van der Waals surface area (Å²) in [6.45, 7) is 6.25. The largest absolute Gasteiger partial charge is 0.326 e. The number of hydrogen-bond donors (Lipinski definition) is 0. The van der Waals surface area contributed by atoms with Gasteiger partial charge in [-0.2, -0.15) is 9.19 Å². The number of fused-ring (bicyclic) bond motifs is 1. The SMILES string of the molecule is Cc1nc2cnc(Cc3ccnc(-c4cnn(S(C)(=O)=O)c4)n3)cc2n1C(C)C. The molecule has 0 amide bonds. The zero-order valence-electron chi connectivity index (χ0n) is 16.6. The van der Waals surface area contributed by atoms with Gasteiger partial charge in [0.25, 0.3) is 10.0 Å². The van der Waals surface area contributed by atoms with Crippen molar-refractivity contribution in [2.75, 3.05) is 6.26 Å². The Hall–Kier alpha value is -3.14. The van der Waals surface area contributed by atoms with Gasteiger partial charge < -0.3 is 4.57 Å². The second kappa shape index (κ2) is 7.03. The Morgan fingerprint density at radius 3 is 2.59 bits per heavy atom. The third-order valence-electron chi connectivity index (χ3n) is 4.56. The molecular weight excluding hydrogens is 390 g/mol. The van der Waals surface area contributed by atoms with Gasteiger partial charge in [0.05, 0.1) is 41.6 Å². The van der Waals surface area contributed by atoms with Gasteiger partial charge in [0.15, 0.2) is 5.82 Å². The minimum atomic E-state index is -3.45. The molecule has 0 aromatic carbocycles. The van der Waals surface area contributed by atoms with E-state index in [0.717, 1.165) is 38.6 Å². The first-order chi connectivity index (χ1) is 13.7. The first-order valence-corrected chi connectivity index (χ1v) is 11.0. The molecule has 29 heavy (non-hydrogen) atoms. The van der Waals surface area contributed by atoms with E-state index in [1.807, 2.05) is 19.1 Å². The number of nitrogens with zero attached hydrogens (tertiary/aromatic N) is 7. The summed E-state index contributed by atoms with van der Waals surface area (Å²) in [5.74, 6) is 1.38. The van der Waals surface area contributed by atoms with Crippen LogP contribution in [0.25, 0.3) is 22.4 Å². The van der Waals surface area contributed by atoms with E-state index < -0.39 is 10.0 Å². The second-order valence-corrected chi connectivity index (χ2v) is 9.04. The number of rotatable bonds is 5. The summed E-state index contributed by atoms with van der Waals surface area (Å²) in [7, 11) is -3.45. The van der Waals surface area contributed by atoms with E-state index in [0.29, 0.717) is 23.9 Å². The number of imidazole rings is 1. The molecule has 0 aliphatic rings. The highest BCUT2D eigenvalue weighted by atomic mass is 32.2. The Kier molecular flexibility index (Phi) is 4.65. The fourth-order valence-corrected chi connectivity index (χ4v) is 3.85. The van der Waals surface area contributed by atoms with Crippen LogP contribution in [0, 0.1) is 6.92 Å². The number of aromatic nitrogens is 7. The molecule has 0 saturated carbocycles. The van der Waals surface area contributed by atoms with Crippen molar-refractivity contribution in [2.24, 2.45) is 0 Å². The molecule has 4 rings (SSSR count). The normalized spacial score (nSPS) is 12.2. The van der Waals surface area contributed by atoms with Crippen molar-refractivity contribution in [3.63, 3.8) is 0 Å². The molecule has 0 aliphatic heterocycles. The predicted octanol–water partition coefficient (Wildman–Crippen LogP) is 2.37. The van der Waals surface area contributed by atoms with Gasteiger partial charge in [-0.25, -0.2) is 23.4 Å². The van der Waals surface area contributed by atoms with Gasteiger partial charge in [-0.3, -0.25) is 4.98 Å². The van der Waals surface area contributed by atoms with E-state index in [-0.39, 0.29) is 0 Å². The van der Waals surface area contributed by atoms with E-state index in [1.54, 1.807) is 12.4 Å². The van der Waals surface area contributed by atoms with E-state index in [4.69, 9.17) is 0 Å². The summed E-state index contributed by atoms with van der Waals surface area (Å²) < 4.78 is 26.3. The fourth-order valence-electron chi connectivity index (χ4n) is 3.33. The molecule has 0 atom stereocenters. The van der Waals surface area contributed by atoms with Gasteiger partial charge in [-0.05, 0) is 32.9 Å². The van der Waals surface area contributed by atoms with E-state index >= 15 is 0 Å². The lowest BCUT2D eigenvalue weighted by molar-refractivity contribution is 0.586. The molecule has 150 valence electrons. The lowest BCUT2D eigenvalue weighted by Gasteiger charge is -2.11. The highest BCUT2D eigenvalue weighted by Crippen LogP contribution is 2.22. The van der Waals surface area contributed by atoms with Crippen molar-refractivity contribution in [3.8, 4) is 11.4 Å². The minimum absolute atomic E-state index is 0.298. The summed E-state index contributed by atoms with van der Waals surface area (Å²) >= 11 is 0. The molecule has 4 aromatic rings. The van der Waals surface area contributed by atoms with Gasteiger partial charge in [-0.1, -0.05) is 0 Å². The summed E-state index contributed by atoms with van der Waals surface area (Å²) in [5, 5.41) is 3.87. The van der Waals surface area contributed by atoms with Crippen LogP contribution in [-0.2, 0) is 16.4 Å². The Morgan fingerprint density at radius 2 is 1.90 bits per heavy atom. The Bertz CT molecular complexity index is 1310. The zero-order valence-corrected chi connectivity index (χ0v) is 17.4. The van der Waals surface area contributed by atoms with Crippen LogP contribution >= 0.6 is 0 Å². The summed E-state index contributed by atoms with van der Waals surface area (Å²) in [4.78, 5) is 17.9. The third kappa shape index (κ3) is 3.75. The molecule has 0 saturated heterocycles. The van der Waals surface area contributed by atoms with Crippen LogP contribution < -0.4 is 0 Å². The van der Waals surface area contributed by atoms with Gasteiger partial charge in [-0.15, -0.1) is 0 Å². The number of hydrogen-bond acceptors (Lipinski definition) is 7. The lowest BCUT2D eigenvalue weighted by atomic mass is 10.2. The smallest absolute Gasteiger partial charge is 0.250 e. The lowest BCUT2D eigenvalue weighted by Crippen LogP contribution is -2.09. The molecule has 9 nitrogen and oxygen atoms in total. The number of aryl methyl sites for hydroxylation is 1. The molecule has 0 N–H and O–H groups in total. The van der Waals surface area contributed by atoms with Gasteiger partial charge in [0, 0.05) is 24.4 Å². The highest BCUT2D eigenvalue weighted by molar-refractivity contribution is 7.89. The van der Waals surface area contributed by atoms with Crippen LogP contribution in [0.15, 0.2) is 36.9 Å². The predicted molar refractivity (Wildman–Crippen MR) is 109 cm³/mol. The topological polar surface area (TPSA) is 108 Å². The maximum absolute atomic E-state index is 11.6. The van der Waals surface area contributed by atoms with Crippen molar-refractivity contribution in [1.29, 1.82) is 0 Å². The molecule has 0 unspecified atom stereocenters. The molecule has 0 aliphatic carbocycles. The second-order valence-electron chi connectivity index (χ2n) is 7.20. The average Bonchev–Trinajstić information content (AvgIpc) is 3.25. The number of pyridine rings is 1. The summed E-state index contributed by atoms with van der Waals surface area (Å²) in [6, 6.07) is 4.16. The summed E-state index contributed by atoms with van der Waals surface area (Å²) in [5.41, 5.74) is 4.11. The van der Waals surface area contributed by atoms with Crippen molar-refractivity contribution in [3.05, 3.63) is 54.1 Å². The van der Waals surface area contributed by atoms with Crippen molar-refractivity contribution < 1.29 is 8.42 Å². The minimum Gasteiger partial charge on any atom is -0.326 e. The monoisotopic (exact) mass is 411 g/mol. The molecule has 0 fully saturated rings. The molecule has 0 bridgehead atoms. The van der Waals surface area contributed by atoms with E-state index in [1.165, 1.54) is 12.4 Å². The zero-order chi connectivity index (χ0) is 20.8. The Labute approximate surface area is 168 Å². The maximum Gasteiger partial charge on any atom is 0.250 e. The van der Waals surface area contributed by atoms with E-state index in [2.05, 4.69) is 43.4 Å². The van der Waals surface area contributed by atoms with Crippen molar-refractivity contribution in [2.45, 2.75) is 33.2 Å². The van der Waals surface area contributed by atoms with Crippen LogP contribution in [0.1, 0.15) is 37.1 Å². The molecular formula is C19H21N7O2S. The molecule has 4 heterocycles. The van der Waals surface area contributed by atoms with Crippen LogP contribution in [0.5, 0.6) is 0 Å². The quantitative estimate of drug-likeness (QED) is 0.496. The van der Waals surface area contributed by atoms with Crippen molar-refractivity contribution in [1.82, 2.24) is 33.7 Å². The van der Waals surface area contributed by atoms with Crippen LogP contribution in [0.2, 0.25) is 0 Å². The standard InChI is InChI=1S/C19H21N7O2S/c1-12(2)26-13(3)23-17-10-21-16(8-18(17)26)7-15-5-6-20-19(24-15)14-9-22-25(11-14)29(4,27)28/h5-6,8-12H,7H2,1-4H3. The first-order valence-electron chi connectivity index (χ1n) is 9.13. The maximum atomic E-state index is 11.6. The van der Waals surface area contributed by atoms with Gasteiger partial charge >= 0.3 is 0 Å². The van der Waals surface area contributed by atoms with Crippen LogP contribution in [-0.4, -0.2) is 48.4 Å². The first kappa shape index (κ1) is 19.2. The van der Waals surface area contributed by atoms with Crippen LogP contribution in [0.4, 0.5) is 0 Å². The van der Waals surface area contributed by atoms with Gasteiger partial charge in [0.1, 0.15) is 11.3 Å². The Morgan fingerprint density at radius 1 is 1.10 bits per heavy atom. The average molecular weight is 411 g/mol.